The number of nitrogens with one attached hydrogen (secondary N) is 1. The van der Waals surface area contributed by atoms with Gasteiger partial charge in [0.1, 0.15) is 10.9 Å². The van der Waals surface area contributed by atoms with Crippen LogP contribution < -0.4 is 14.9 Å². The molecule has 0 saturated heterocycles. The lowest BCUT2D eigenvalue weighted by Crippen LogP contribution is -2.18. The number of nitrogens with zero attached hydrogens (tertiary/aromatic N) is 3. The van der Waals surface area contributed by atoms with Crippen molar-refractivity contribution >= 4 is 29.4 Å². The zero-order valence-electron chi connectivity index (χ0n) is 13.2. The van der Waals surface area contributed by atoms with E-state index in [0.29, 0.717) is 5.75 Å². The molecule has 25 heavy (non-hydrogen) atoms. The third-order valence-corrected chi connectivity index (χ3v) is 3.40. The Bertz CT molecular complexity index is 841. The number of amides is 1. The van der Waals surface area contributed by atoms with Crippen molar-refractivity contribution in [2.24, 2.45) is 5.10 Å². The largest absolute Gasteiger partial charge is 0.496 e. The molecule has 0 bridgehead atoms. The molecule has 0 spiro atoms. The van der Waals surface area contributed by atoms with Gasteiger partial charge in [0, 0.05) is 23.9 Å². The quantitative estimate of drug-likeness (QED) is 0.364. The SMILES string of the molecule is COc1cc(OC)c([N+](=O)[O-])cc1C=NNC(=O)c1cccnc1Cl. The third-order valence-electron chi connectivity index (χ3n) is 3.10. The second-order valence-electron chi connectivity index (χ2n) is 4.56. The van der Waals surface area contributed by atoms with E-state index in [1.54, 1.807) is 6.07 Å². The molecule has 0 aliphatic carbocycles. The standard InChI is InChI=1S/C15H13ClN4O5/c1-24-12-7-13(25-2)11(20(22)23)6-9(12)8-18-19-15(21)10-4-3-5-17-14(10)16/h3-8H,1-2H3,(H,19,21). The lowest BCUT2D eigenvalue weighted by molar-refractivity contribution is -0.385. The van der Waals surface area contributed by atoms with Crippen molar-refractivity contribution in [2.75, 3.05) is 14.2 Å². The Morgan fingerprint density at radius 1 is 1.36 bits per heavy atom. The molecule has 0 radical (unpaired) electrons. The first-order valence-electron chi connectivity index (χ1n) is 6.82. The van der Waals surface area contributed by atoms with Crippen molar-refractivity contribution in [3.05, 3.63) is 56.9 Å². The van der Waals surface area contributed by atoms with Crippen LogP contribution in [0.5, 0.6) is 11.5 Å². The molecule has 0 fully saturated rings. The topological polar surface area (TPSA) is 116 Å². The van der Waals surface area contributed by atoms with Gasteiger partial charge in [-0.1, -0.05) is 11.6 Å². The Hall–Kier alpha value is -3.20. The van der Waals surface area contributed by atoms with Gasteiger partial charge in [-0.25, -0.2) is 10.4 Å². The number of methoxy groups -OCH3 is 2. The maximum Gasteiger partial charge on any atom is 0.311 e. The summed E-state index contributed by atoms with van der Waals surface area (Å²) >= 11 is 5.82. The van der Waals surface area contributed by atoms with Gasteiger partial charge in [0.05, 0.1) is 30.9 Å². The summed E-state index contributed by atoms with van der Waals surface area (Å²) in [5, 5.41) is 14.9. The number of benzene rings is 1. The number of hydrogen-bond donors (Lipinski definition) is 1. The van der Waals surface area contributed by atoms with Crippen LogP contribution in [0.1, 0.15) is 15.9 Å². The van der Waals surface area contributed by atoms with E-state index in [1.807, 2.05) is 0 Å². The number of nitro groups is 1. The van der Waals surface area contributed by atoms with Crippen molar-refractivity contribution in [3.63, 3.8) is 0 Å². The van der Waals surface area contributed by atoms with E-state index in [9.17, 15) is 14.9 Å². The van der Waals surface area contributed by atoms with Crippen molar-refractivity contribution in [3.8, 4) is 11.5 Å². The first-order chi connectivity index (χ1) is 12.0. The van der Waals surface area contributed by atoms with E-state index in [1.165, 1.54) is 44.8 Å². The molecule has 10 heteroatoms. The maximum atomic E-state index is 12.0. The molecule has 1 amide bonds. The normalized spacial score (nSPS) is 10.5. The number of carbonyl (C=O) groups excluding carboxylic acids is 1. The summed E-state index contributed by atoms with van der Waals surface area (Å²) in [6.45, 7) is 0. The number of rotatable bonds is 6. The molecule has 0 saturated carbocycles. The lowest BCUT2D eigenvalue weighted by Gasteiger charge is -2.08. The average molecular weight is 365 g/mol. The number of pyridine rings is 1. The number of ether oxygens (including phenoxy) is 2. The predicted octanol–water partition coefficient (Wildman–Crippen LogP) is 2.42. The monoisotopic (exact) mass is 364 g/mol. The summed E-state index contributed by atoms with van der Waals surface area (Å²) in [7, 11) is 2.71. The van der Waals surface area contributed by atoms with Crippen LogP contribution in [0, 0.1) is 10.1 Å². The minimum absolute atomic E-state index is 0.0351. The second kappa shape index (κ2) is 8.06. The van der Waals surface area contributed by atoms with Crippen LogP contribution in [-0.4, -0.2) is 36.2 Å². The zero-order chi connectivity index (χ0) is 18.4. The van der Waals surface area contributed by atoms with Crippen LogP contribution >= 0.6 is 11.6 Å². The van der Waals surface area contributed by atoms with E-state index in [4.69, 9.17) is 21.1 Å². The lowest BCUT2D eigenvalue weighted by atomic mass is 10.1. The number of hydrazone groups is 1. The molecule has 1 aromatic heterocycles. The molecular weight excluding hydrogens is 352 g/mol. The molecule has 0 aliphatic heterocycles. The molecule has 9 nitrogen and oxygen atoms in total. The average Bonchev–Trinajstić information content (AvgIpc) is 2.61. The number of aromatic nitrogens is 1. The van der Waals surface area contributed by atoms with E-state index >= 15 is 0 Å². The summed E-state index contributed by atoms with van der Waals surface area (Å²) < 4.78 is 10.1. The van der Waals surface area contributed by atoms with Gasteiger partial charge < -0.3 is 9.47 Å². The maximum absolute atomic E-state index is 12.0. The Labute approximate surface area is 147 Å². The number of nitro benzene ring substituents is 1. The minimum Gasteiger partial charge on any atom is -0.496 e. The van der Waals surface area contributed by atoms with Crippen LogP contribution in [0.3, 0.4) is 0 Å². The van der Waals surface area contributed by atoms with Gasteiger partial charge in [-0.15, -0.1) is 0 Å². The summed E-state index contributed by atoms with van der Waals surface area (Å²) in [5.41, 5.74) is 2.44. The number of halogens is 1. The Morgan fingerprint density at radius 2 is 2.08 bits per heavy atom. The molecule has 0 aliphatic rings. The molecule has 1 heterocycles. The summed E-state index contributed by atoms with van der Waals surface area (Å²) in [5.74, 6) is -0.235. The van der Waals surface area contributed by atoms with Crippen molar-refractivity contribution in [1.82, 2.24) is 10.4 Å². The molecule has 1 N–H and O–H groups in total. The highest BCUT2D eigenvalue weighted by molar-refractivity contribution is 6.32. The smallest absolute Gasteiger partial charge is 0.311 e. The highest BCUT2D eigenvalue weighted by atomic mass is 35.5. The van der Waals surface area contributed by atoms with E-state index in [-0.39, 0.29) is 27.7 Å². The Kier molecular flexibility index (Phi) is 5.85. The Morgan fingerprint density at radius 3 is 2.68 bits per heavy atom. The fraction of sp³-hybridized carbons (Fsp3) is 0.133. The first-order valence-corrected chi connectivity index (χ1v) is 7.20. The fourth-order valence-electron chi connectivity index (χ4n) is 1.93. The van der Waals surface area contributed by atoms with Crippen LogP contribution in [0.15, 0.2) is 35.6 Å². The van der Waals surface area contributed by atoms with Gasteiger partial charge in [0.15, 0.2) is 0 Å². The van der Waals surface area contributed by atoms with E-state index in [2.05, 4.69) is 15.5 Å². The van der Waals surface area contributed by atoms with Crippen molar-refractivity contribution < 1.29 is 19.2 Å². The van der Waals surface area contributed by atoms with Crippen LogP contribution in [0.25, 0.3) is 0 Å². The highest BCUT2D eigenvalue weighted by Crippen LogP contribution is 2.33. The first kappa shape index (κ1) is 18.1. The van der Waals surface area contributed by atoms with Gasteiger partial charge in [-0.3, -0.25) is 14.9 Å². The number of hydrogen-bond acceptors (Lipinski definition) is 7. The molecule has 2 rings (SSSR count). The Balaban J connectivity index is 2.25. The molecule has 0 unspecified atom stereocenters. The van der Waals surface area contributed by atoms with Crippen molar-refractivity contribution in [1.29, 1.82) is 0 Å². The fourth-order valence-corrected chi connectivity index (χ4v) is 2.13. The third kappa shape index (κ3) is 4.21. The minimum atomic E-state index is -0.594. The zero-order valence-corrected chi connectivity index (χ0v) is 14.0. The summed E-state index contributed by atoms with van der Waals surface area (Å²) in [6.07, 6.45) is 2.66. The van der Waals surface area contributed by atoms with E-state index < -0.39 is 10.8 Å². The van der Waals surface area contributed by atoms with Gasteiger partial charge in [0.2, 0.25) is 5.75 Å². The summed E-state index contributed by atoms with van der Waals surface area (Å²) in [4.78, 5) is 26.3. The van der Waals surface area contributed by atoms with Crippen LogP contribution in [0.4, 0.5) is 5.69 Å². The molecule has 1 aromatic carbocycles. The van der Waals surface area contributed by atoms with Gasteiger partial charge in [0.25, 0.3) is 5.91 Å². The molecule has 2 aromatic rings. The molecule has 130 valence electrons. The second-order valence-corrected chi connectivity index (χ2v) is 4.92. The predicted molar refractivity (Wildman–Crippen MR) is 90.5 cm³/mol. The summed E-state index contributed by atoms with van der Waals surface area (Å²) in [6, 6.07) is 5.63. The van der Waals surface area contributed by atoms with Gasteiger partial charge in [-0.05, 0) is 12.1 Å². The van der Waals surface area contributed by atoms with Gasteiger partial charge >= 0.3 is 5.69 Å². The number of carbonyl (C=O) groups is 1. The molecular formula is C15H13ClN4O5. The molecule has 0 atom stereocenters. The van der Waals surface area contributed by atoms with Crippen LogP contribution in [0.2, 0.25) is 5.15 Å². The van der Waals surface area contributed by atoms with Crippen molar-refractivity contribution in [2.45, 2.75) is 0 Å². The van der Waals surface area contributed by atoms with Gasteiger partial charge in [-0.2, -0.15) is 5.10 Å². The highest BCUT2D eigenvalue weighted by Gasteiger charge is 2.19. The van der Waals surface area contributed by atoms with E-state index in [0.717, 1.165) is 0 Å². The van der Waals surface area contributed by atoms with Crippen LogP contribution in [-0.2, 0) is 0 Å².